The molecule has 0 aliphatic heterocycles. The number of ketones is 2. The van der Waals surface area contributed by atoms with Crippen LogP contribution in [0, 0.1) is 34.5 Å². The van der Waals surface area contributed by atoms with E-state index in [1.54, 1.807) is 12.2 Å². The van der Waals surface area contributed by atoms with Gasteiger partial charge in [0.2, 0.25) is 0 Å². The molecule has 0 aromatic rings. The van der Waals surface area contributed by atoms with Crippen LogP contribution in [0.4, 0.5) is 0 Å². The van der Waals surface area contributed by atoms with Gasteiger partial charge < -0.3 is 5.11 Å². The Balaban J connectivity index is 1.80. The molecular weight excluding hydrogens is 383 g/mol. The van der Waals surface area contributed by atoms with Crippen LogP contribution in [-0.4, -0.2) is 33.5 Å². The summed E-state index contributed by atoms with van der Waals surface area (Å²) in [6.07, 6.45) is 7.56. The summed E-state index contributed by atoms with van der Waals surface area (Å²) in [5.74, 6) is 0.612. The van der Waals surface area contributed by atoms with E-state index in [1.165, 1.54) is 0 Å². The number of halogens is 2. The molecular formula is C22H28Cl2O3. The van der Waals surface area contributed by atoms with Gasteiger partial charge in [-0.05, 0) is 61.0 Å². The molecule has 4 rings (SSSR count). The first-order valence-corrected chi connectivity index (χ1v) is 10.9. The van der Waals surface area contributed by atoms with Crippen LogP contribution < -0.4 is 0 Å². The van der Waals surface area contributed by atoms with Gasteiger partial charge in [0.1, 0.15) is 0 Å². The molecule has 0 bridgehead atoms. The summed E-state index contributed by atoms with van der Waals surface area (Å²) in [4.78, 5) is 23.7. The van der Waals surface area contributed by atoms with Gasteiger partial charge in [-0.2, -0.15) is 0 Å². The second kappa shape index (κ2) is 6.18. The van der Waals surface area contributed by atoms with Crippen LogP contribution >= 0.6 is 23.2 Å². The van der Waals surface area contributed by atoms with Crippen molar-refractivity contribution < 1.29 is 14.7 Å². The maximum Gasteiger partial charge on any atom is 0.178 e. The van der Waals surface area contributed by atoms with E-state index in [9.17, 15) is 14.7 Å². The zero-order valence-electron chi connectivity index (χ0n) is 16.2. The smallest absolute Gasteiger partial charge is 0.178 e. The number of alkyl halides is 2. The van der Waals surface area contributed by atoms with E-state index >= 15 is 0 Å². The predicted molar refractivity (Wildman–Crippen MR) is 107 cm³/mol. The second-order valence-corrected chi connectivity index (χ2v) is 10.5. The van der Waals surface area contributed by atoms with Crippen LogP contribution in [0.15, 0.2) is 23.8 Å². The maximum atomic E-state index is 12.7. The Morgan fingerprint density at radius 3 is 2.70 bits per heavy atom. The Morgan fingerprint density at radius 1 is 1.33 bits per heavy atom. The van der Waals surface area contributed by atoms with Crippen molar-refractivity contribution in [1.82, 2.24) is 0 Å². The van der Waals surface area contributed by atoms with E-state index in [4.69, 9.17) is 23.2 Å². The number of hydrogen-bond acceptors (Lipinski definition) is 3. The molecule has 0 aromatic carbocycles. The Hall–Kier alpha value is -0.640. The topological polar surface area (TPSA) is 54.4 Å². The Kier molecular flexibility index (Phi) is 4.50. The van der Waals surface area contributed by atoms with Crippen molar-refractivity contribution in [3.05, 3.63) is 23.8 Å². The van der Waals surface area contributed by atoms with E-state index in [2.05, 4.69) is 20.8 Å². The lowest BCUT2D eigenvalue weighted by Gasteiger charge is -2.63. The van der Waals surface area contributed by atoms with Crippen LogP contribution in [-0.2, 0) is 9.59 Å². The molecule has 27 heavy (non-hydrogen) atoms. The van der Waals surface area contributed by atoms with Crippen molar-refractivity contribution in [2.24, 2.45) is 34.5 Å². The lowest BCUT2D eigenvalue weighted by molar-refractivity contribution is -0.134. The average molecular weight is 411 g/mol. The Labute approximate surface area is 171 Å². The van der Waals surface area contributed by atoms with Gasteiger partial charge in [-0.15, -0.1) is 23.2 Å². The molecule has 4 aliphatic carbocycles. The number of carbonyl (C=O) groups is 2. The van der Waals surface area contributed by atoms with Crippen LogP contribution in [0.3, 0.4) is 0 Å². The second-order valence-electron chi connectivity index (χ2n) is 9.64. The van der Waals surface area contributed by atoms with Crippen LogP contribution in [0.25, 0.3) is 0 Å². The highest BCUT2D eigenvalue weighted by Gasteiger charge is 2.70. The van der Waals surface area contributed by atoms with Gasteiger partial charge in [-0.3, -0.25) is 9.59 Å². The monoisotopic (exact) mass is 410 g/mol. The molecule has 0 heterocycles. The fraction of sp³-hybridized carbons (Fsp3) is 0.727. The van der Waals surface area contributed by atoms with Crippen LogP contribution in [0.2, 0.25) is 0 Å². The summed E-state index contributed by atoms with van der Waals surface area (Å²) in [6, 6.07) is 0. The van der Waals surface area contributed by atoms with Crippen molar-refractivity contribution in [1.29, 1.82) is 0 Å². The lowest BCUT2D eigenvalue weighted by atomic mass is 9.46. The van der Waals surface area contributed by atoms with Gasteiger partial charge in [-0.25, -0.2) is 0 Å². The van der Waals surface area contributed by atoms with Crippen molar-refractivity contribution >= 4 is 34.8 Å². The highest BCUT2D eigenvalue weighted by Crippen LogP contribution is 2.70. The summed E-state index contributed by atoms with van der Waals surface area (Å²) in [7, 11) is 0. The minimum absolute atomic E-state index is 0.00130. The molecule has 1 N–H and O–H groups in total. The molecule has 5 heteroatoms. The summed E-state index contributed by atoms with van der Waals surface area (Å²) in [6.45, 7) is 6.35. The van der Waals surface area contributed by atoms with Gasteiger partial charge in [0.15, 0.2) is 11.6 Å². The summed E-state index contributed by atoms with van der Waals surface area (Å²) >= 11 is 13.3. The SMILES string of the molecule is CC1C[C@H]2[C@@H]3CCC4=CC(=O)C=C[C@]4(C)[C@@]3(Cl)C(O)C[C@]2(C)C1C(=O)CCl. The molecule has 0 amide bonds. The first-order valence-electron chi connectivity index (χ1n) is 9.99. The molecule has 8 atom stereocenters. The number of rotatable bonds is 2. The van der Waals surface area contributed by atoms with Crippen molar-refractivity contribution in [3.63, 3.8) is 0 Å². The minimum Gasteiger partial charge on any atom is -0.391 e. The number of Topliss-reactive ketones (excluding diaryl/α,β-unsaturated/α-hetero) is 1. The molecule has 3 fully saturated rings. The molecule has 0 radical (unpaired) electrons. The maximum absolute atomic E-state index is 12.7. The fourth-order valence-electron chi connectivity index (χ4n) is 7.35. The number of allylic oxidation sites excluding steroid dienone is 4. The first-order chi connectivity index (χ1) is 12.6. The molecule has 0 saturated heterocycles. The number of carbonyl (C=O) groups excluding carboxylic acids is 2. The quantitative estimate of drug-likeness (QED) is 0.690. The number of aliphatic hydroxyl groups excluding tert-OH is 1. The van der Waals surface area contributed by atoms with Crippen LogP contribution in [0.5, 0.6) is 0 Å². The van der Waals surface area contributed by atoms with Gasteiger partial charge >= 0.3 is 0 Å². The van der Waals surface area contributed by atoms with Gasteiger partial charge in [0.25, 0.3) is 0 Å². The largest absolute Gasteiger partial charge is 0.391 e. The number of fused-ring (bicyclic) bond motifs is 5. The molecule has 148 valence electrons. The van der Waals surface area contributed by atoms with E-state index in [-0.39, 0.29) is 46.5 Å². The highest BCUT2D eigenvalue weighted by atomic mass is 35.5. The summed E-state index contributed by atoms with van der Waals surface area (Å²) in [5.41, 5.74) is 0.215. The zero-order valence-corrected chi connectivity index (χ0v) is 17.7. The molecule has 3 nitrogen and oxygen atoms in total. The minimum atomic E-state index is -0.850. The Morgan fingerprint density at radius 2 is 2.04 bits per heavy atom. The zero-order chi connectivity index (χ0) is 19.8. The van der Waals surface area contributed by atoms with Crippen molar-refractivity contribution in [2.45, 2.75) is 57.4 Å². The fourth-order valence-corrected chi connectivity index (χ4v) is 8.04. The third-order valence-corrected chi connectivity index (χ3v) is 9.65. The normalized spacial score (nSPS) is 51.3. The molecule has 0 aromatic heterocycles. The van der Waals surface area contributed by atoms with E-state index in [1.807, 2.05) is 6.08 Å². The Bertz CT molecular complexity index is 759. The van der Waals surface area contributed by atoms with E-state index in [0.717, 1.165) is 24.8 Å². The third kappa shape index (κ3) is 2.37. The molecule has 4 aliphatic rings. The summed E-state index contributed by atoms with van der Waals surface area (Å²) in [5, 5.41) is 11.4. The van der Waals surface area contributed by atoms with Gasteiger partial charge in [-0.1, -0.05) is 32.4 Å². The standard InChI is InChI=1S/C22H28Cl2O3/c1-12-8-16-15-5-4-13-9-14(25)6-7-21(13,3)22(15,24)18(27)10-20(16,2)19(12)17(26)11-23/h6-7,9,12,15-16,18-19,27H,4-5,8,10-11H2,1-3H3/t12?,15-,16-,18?,19?,20-,21-,22-/m0/s1. The van der Waals surface area contributed by atoms with Gasteiger partial charge in [0, 0.05) is 11.3 Å². The molecule has 3 unspecified atom stereocenters. The average Bonchev–Trinajstić information content (AvgIpc) is 2.86. The van der Waals surface area contributed by atoms with E-state index in [0.29, 0.717) is 6.42 Å². The van der Waals surface area contributed by atoms with Gasteiger partial charge in [0.05, 0.1) is 16.9 Å². The molecule has 3 saturated carbocycles. The number of aliphatic hydroxyl groups is 1. The van der Waals surface area contributed by atoms with Crippen LogP contribution in [0.1, 0.15) is 46.5 Å². The number of hydrogen-bond donors (Lipinski definition) is 1. The third-order valence-electron chi connectivity index (χ3n) is 8.46. The lowest BCUT2D eigenvalue weighted by Crippen LogP contribution is -2.66. The van der Waals surface area contributed by atoms with Crippen molar-refractivity contribution in [3.8, 4) is 0 Å². The van der Waals surface area contributed by atoms with E-state index < -0.39 is 16.4 Å². The summed E-state index contributed by atoms with van der Waals surface area (Å²) < 4.78 is 0. The predicted octanol–water partition coefficient (Wildman–Crippen LogP) is 4.30. The highest BCUT2D eigenvalue weighted by molar-refractivity contribution is 6.28. The van der Waals surface area contributed by atoms with Crippen molar-refractivity contribution in [2.75, 3.05) is 5.88 Å². The first kappa shape index (κ1) is 19.7. The molecule has 0 spiro atoms.